The van der Waals surface area contributed by atoms with E-state index in [9.17, 15) is 4.79 Å². The molecule has 25 heavy (non-hydrogen) atoms. The van der Waals surface area contributed by atoms with Crippen LogP contribution in [0.5, 0.6) is 11.5 Å². The molecule has 1 saturated carbocycles. The molecule has 1 aliphatic carbocycles. The second-order valence-electron chi connectivity index (χ2n) is 6.45. The molecule has 2 aromatic rings. The Morgan fingerprint density at radius 2 is 2.04 bits per heavy atom. The van der Waals surface area contributed by atoms with E-state index in [1.807, 2.05) is 30.5 Å². The smallest absolute Gasteiger partial charge is 0.251 e. The van der Waals surface area contributed by atoms with Crippen LogP contribution >= 0.6 is 11.3 Å². The second kappa shape index (κ2) is 6.52. The molecule has 0 bridgehead atoms. The Labute approximate surface area is 150 Å². The molecule has 1 aromatic heterocycles. The van der Waals surface area contributed by atoms with Crippen molar-refractivity contribution in [1.29, 1.82) is 0 Å². The van der Waals surface area contributed by atoms with Crippen LogP contribution in [0.1, 0.15) is 42.8 Å². The van der Waals surface area contributed by atoms with Crippen LogP contribution in [0.15, 0.2) is 29.7 Å². The number of hydrogen-bond donors (Lipinski definition) is 1. The molecule has 0 unspecified atom stereocenters. The van der Waals surface area contributed by atoms with Crippen molar-refractivity contribution in [3.8, 4) is 11.5 Å². The summed E-state index contributed by atoms with van der Waals surface area (Å²) in [7, 11) is 0. The third-order valence-corrected chi connectivity index (χ3v) is 5.25. The highest BCUT2D eigenvalue weighted by Crippen LogP contribution is 2.46. The monoisotopic (exact) mass is 356 g/mol. The Morgan fingerprint density at radius 3 is 2.80 bits per heavy atom. The lowest BCUT2D eigenvalue weighted by Gasteiger charge is -2.31. The van der Waals surface area contributed by atoms with Crippen molar-refractivity contribution in [2.24, 2.45) is 0 Å². The maximum absolute atomic E-state index is 12.1. The fourth-order valence-corrected chi connectivity index (χ4v) is 3.85. The van der Waals surface area contributed by atoms with Crippen molar-refractivity contribution in [3.05, 3.63) is 40.4 Å². The van der Waals surface area contributed by atoms with Crippen molar-refractivity contribution in [2.75, 3.05) is 5.32 Å². The number of aryl methyl sites for hydroxylation is 1. The number of nitrogens with zero attached hydrogens (tertiary/aromatic N) is 1. The van der Waals surface area contributed by atoms with E-state index in [1.54, 1.807) is 17.4 Å². The zero-order chi connectivity index (χ0) is 17.3. The lowest BCUT2D eigenvalue weighted by Crippen LogP contribution is -2.40. The van der Waals surface area contributed by atoms with Gasteiger partial charge in [0.15, 0.2) is 11.5 Å². The maximum atomic E-state index is 12.1. The van der Waals surface area contributed by atoms with Gasteiger partial charge in [0.1, 0.15) is 0 Å². The Morgan fingerprint density at radius 1 is 1.24 bits per heavy atom. The standard InChI is InChI=1S/C19H20N2O3S/c1-13-20-15(12-25-13)6-8-18(22)21-14-5-7-16-17(11-14)24-19(23-16)9-3-2-4-10-19/h5-8,11-12H,2-4,9-10H2,1H3,(H,21,22). The summed E-state index contributed by atoms with van der Waals surface area (Å²) in [5, 5.41) is 5.75. The zero-order valence-corrected chi connectivity index (χ0v) is 14.9. The molecule has 6 heteroatoms. The predicted octanol–water partition coefficient (Wildman–Crippen LogP) is 4.54. The number of anilines is 1. The molecule has 0 atom stereocenters. The zero-order valence-electron chi connectivity index (χ0n) is 14.1. The van der Waals surface area contributed by atoms with Crippen LogP contribution in [0.3, 0.4) is 0 Å². The first-order valence-electron chi connectivity index (χ1n) is 8.55. The first-order chi connectivity index (χ1) is 12.1. The molecule has 2 aliphatic rings. The van der Waals surface area contributed by atoms with Crippen LogP contribution in [0.25, 0.3) is 6.08 Å². The van der Waals surface area contributed by atoms with Crippen LogP contribution in [0.2, 0.25) is 0 Å². The van der Waals surface area contributed by atoms with Crippen LogP contribution in [0.4, 0.5) is 5.69 Å². The summed E-state index contributed by atoms with van der Waals surface area (Å²) >= 11 is 1.56. The van der Waals surface area contributed by atoms with Gasteiger partial charge < -0.3 is 14.8 Å². The van der Waals surface area contributed by atoms with E-state index in [4.69, 9.17) is 9.47 Å². The molecule has 1 aromatic carbocycles. The van der Waals surface area contributed by atoms with Gasteiger partial charge in [-0.2, -0.15) is 0 Å². The number of benzene rings is 1. The Kier molecular flexibility index (Phi) is 4.21. The minimum absolute atomic E-state index is 0.197. The molecule has 0 saturated heterocycles. The number of carbonyl (C=O) groups is 1. The van der Waals surface area contributed by atoms with Crippen LogP contribution in [-0.4, -0.2) is 16.7 Å². The summed E-state index contributed by atoms with van der Waals surface area (Å²) in [5.74, 6) is 0.773. The van der Waals surface area contributed by atoms with Gasteiger partial charge in [0.2, 0.25) is 5.91 Å². The molecular formula is C19H20N2O3S. The summed E-state index contributed by atoms with van der Waals surface area (Å²) < 4.78 is 12.1. The Bertz CT molecular complexity index is 822. The topological polar surface area (TPSA) is 60.5 Å². The molecule has 1 N–H and O–H groups in total. The number of rotatable bonds is 3. The fourth-order valence-electron chi connectivity index (χ4n) is 3.27. The molecule has 0 radical (unpaired) electrons. The first-order valence-corrected chi connectivity index (χ1v) is 9.43. The molecular weight excluding hydrogens is 336 g/mol. The second-order valence-corrected chi connectivity index (χ2v) is 7.51. The number of ether oxygens (including phenoxy) is 2. The van der Waals surface area contributed by atoms with Gasteiger partial charge in [-0.25, -0.2) is 4.98 Å². The van der Waals surface area contributed by atoms with Gasteiger partial charge in [-0.15, -0.1) is 11.3 Å². The lowest BCUT2D eigenvalue weighted by atomic mass is 9.94. The minimum atomic E-state index is -0.494. The largest absolute Gasteiger partial charge is 0.448 e. The van der Waals surface area contributed by atoms with Gasteiger partial charge in [-0.1, -0.05) is 6.42 Å². The van der Waals surface area contributed by atoms with Crippen molar-refractivity contribution in [3.63, 3.8) is 0 Å². The van der Waals surface area contributed by atoms with E-state index in [0.717, 1.165) is 42.1 Å². The summed E-state index contributed by atoms with van der Waals surface area (Å²) in [5.41, 5.74) is 1.49. The quantitative estimate of drug-likeness (QED) is 0.821. The average Bonchev–Trinajstić information content (AvgIpc) is 3.16. The van der Waals surface area contributed by atoms with Crippen molar-refractivity contribution >= 4 is 29.0 Å². The normalized spacial score (nSPS) is 18.0. The summed E-state index contributed by atoms with van der Waals surface area (Å²) in [6.45, 7) is 1.94. The Balaban J connectivity index is 1.42. The SMILES string of the molecule is Cc1nc(C=CC(=O)Nc2ccc3c(c2)OC2(CCCCC2)O3)cs1. The molecule has 2 heterocycles. The number of nitrogens with one attached hydrogen (secondary N) is 1. The van der Waals surface area contributed by atoms with E-state index in [2.05, 4.69) is 10.3 Å². The van der Waals surface area contributed by atoms with E-state index in [-0.39, 0.29) is 5.91 Å². The highest BCUT2D eigenvalue weighted by atomic mass is 32.1. The molecule has 1 amide bonds. The number of carbonyl (C=O) groups excluding carboxylic acids is 1. The molecule has 1 aliphatic heterocycles. The molecule has 4 rings (SSSR count). The highest BCUT2D eigenvalue weighted by Gasteiger charge is 2.42. The minimum Gasteiger partial charge on any atom is -0.448 e. The number of thiazole rings is 1. The number of fused-ring (bicyclic) bond motifs is 1. The first kappa shape index (κ1) is 16.1. The molecule has 130 valence electrons. The van der Waals surface area contributed by atoms with Gasteiger partial charge in [0.25, 0.3) is 5.79 Å². The van der Waals surface area contributed by atoms with E-state index in [0.29, 0.717) is 11.4 Å². The van der Waals surface area contributed by atoms with Gasteiger partial charge in [-0.3, -0.25) is 4.79 Å². The maximum Gasteiger partial charge on any atom is 0.251 e. The third kappa shape index (κ3) is 3.54. The van der Waals surface area contributed by atoms with E-state index < -0.39 is 5.79 Å². The summed E-state index contributed by atoms with van der Waals surface area (Å²) in [6.07, 6.45) is 8.51. The van der Waals surface area contributed by atoms with Crippen molar-refractivity contribution in [1.82, 2.24) is 4.98 Å². The van der Waals surface area contributed by atoms with Crippen molar-refractivity contribution in [2.45, 2.75) is 44.8 Å². The third-order valence-electron chi connectivity index (χ3n) is 4.46. The number of aromatic nitrogens is 1. The summed E-state index contributed by atoms with van der Waals surface area (Å²) in [6, 6.07) is 5.53. The molecule has 1 spiro atoms. The lowest BCUT2D eigenvalue weighted by molar-refractivity contribution is -0.111. The van der Waals surface area contributed by atoms with E-state index in [1.165, 1.54) is 12.5 Å². The van der Waals surface area contributed by atoms with Crippen LogP contribution in [-0.2, 0) is 4.79 Å². The van der Waals surface area contributed by atoms with E-state index >= 15 is 0 Å². The molecule has 1 fully saturated rings. The van der Waals surface area contributed by atoms with Crippen LogP contribution < -0.4 is 14.8 Å². The number of amides is 1. The number of hydrogen-bond acceptors (Lipinski definition) is 5. The van der Waals surface area contributed by atoms with Gasteiger partial charge in [0, 0.05) is 36.1 Å². The fraction of sp³-hybridized carbons (Fsp3) is 0.368. The Hall–Kier alpha value is -2.34. The van der Waals surface area contributed by atoms with Gasteiger partial charge in [0.05, 0.1) is 10.7 Å². The summed E-state index contributed by atoms with van der Waals surface area (Å²) in [4.78, 5) is 16.4. The van der Waals surface area contributed by atoms with Crippen molar-refractivity contribution < 1.29 is 14.3 Å². The van der Waals surface area contributed by atoms with Gasteiger partial charge in [-0.05, 0) is 38.0 Å². The molecule has 5 nitrogen and oxygen atoms in total. The average molecular weight is 356 g/mol. The highest BCUT2D eigenvalue weighted by molar-refractivity contribution is 7.09. The van der Waals surface area contributed by atoms with Gasteiger partial charge >= 0.3 is 0 Å². The van der Waals surface area contributed by atoms with Crippen LogP contribution in [0, 0.1) is 6.92 Å². The predicted molar refractivity (Wildman–Crippen MR) is 98.0 cm³/mol.